The molecule has 0 amide bonds. The molecule has 4 nitrogen and oxygen atoms in total. The lowest BCUT2D eigenvalue weighted by atomic mass is 10.0. The van der Waals surface area contributed by atoms with Crippen molar-refractivity contribution in [1.29, 1.82) is 0 Å². The van der Waals surface area contributed by atoms with Crippen molar-refractivity contribution in [3.05, 3.63) is 34.7 Å². The van der Waals surface area contributed by atoms with Gasteiger partial charge in [-0.15, -0.1) is 5.10 Å². The first-order valence-corrected chi connectivity index (χ1v) is 7.18. The number of hydrogen-bond donors (Lipinski definition) is 1. The van der Waals surface area contributed by atoms with Crippen LogP contribution in [0.1, 0.15) is 42.4 Å². The summed E-state index contributed by atoms with van der Waals surface area (Å²) < 4.78 is 9.23. The van der Waals surface area contributed by atoms with Crippen molar-refractivity contribution in [2.75, 3.05) is 6.54 Å². The van der Waals surface area contributed by atoms with Gasteiger partial charge in [-0.3, -0.25) is 0 Å². The Morgan fingerprint density at radius 1 is 1.44 bits per heavy atom. The molecule has 0 aliphatic heterocycles. The van der Waals surface area contributed by atoms with Crippen molar-refractivity contribution in [3.63, 3.8) is 0 Å². The van der Waals surface area contributed by atoms with Gasteiger partial charge in [0.05, 0.1) is 23.1 Å². The van der Waals surface area contributed by atoms with Gasteiger partial charge < -0.3 is 9.73 Å². The van der Waals surface area contributed by atoms with Crippen molar-refractivity contribution >= 4 is 11.5 Å². The van der Waals surface area contributed by atoms with Gasteiger partial charge in [0.2, 0.25) is 0 Å². The molecule has 1 N–H and O–H groups in total. The Hall–Kier alpha value is -1.20. The Bertz CT molecular complexity index is 453. The van der Waals surface area contributed by atoms with Crippen molar-refractivity contribution < 1.29 is 4.42 Å². The average Bonchev–Trinajstić information content (AvgIpc) is 3.00. The number of aryl methyl sites for hydroxylation is 1. The third-order valence-electron chi connectivity index (χ3n) is 2.86. The molecule has 18 heavy (non-hydrogen) atoms. The number of furan rings is 1. The predicted molar refractivity (Wildman–Crippen MR) is 72.7 cm³/mol. The highest BCUT2D eigenvalue weighted by atomic mass is 32.1. The number of nitrogens with one attached hydrogen (secondary N) is 1. The van der Waals surface area contributed by atoms with Crippen LogP contribution in [0, 0.1) is 0 Å². The summed E-state index contributed by atoms with van der Waals surface area (Å²) in [6.45, 7) is 5.23. The van der Waals surface area contributed by atoms with Gasteiger partial charge in [-0.2, -0.15) is 0 Å². The Kier molecular flexibility index (Phi) is 4.90. The largest absolute Gasteiger partial charge is 0.472 e. The van der Waals surface area contributed by atoms with Gasteiger partial charge in [0.15, 0.2) is 0 Å². The van der Waals surface area contributed by atoms with E-state index in [0.717, 1.165) is 31.5 Å². The number of likely N-dealkylation sites (N-methyl/N-ethyl adjacent to an activating group) is 1. The summed E-state index contributed by atoms with van der Waals surface area (Å²) in [6.07, 6.45) is 6.54. The molecule has 1 unspecified atom stereocenters. The zero-order valence-electron chi connectivity index (χ0n) is 10.8. The number of nitrogens with zero attached hydrogens (tertiary/aromatic N) is 2. The van der Waals surface area contributed by atoms with E-state index in [1.165, 1.54) is 22.0 Å². The highest BCUT2D eigenvalue weighted by Crippen LogP contribution is 2.25. The fraction of sp³-hybridized carbons (Fsp3) is 0.538. The molecule has 0 saturated carbocycles. The van der Waals surface area contributed by atoms with Crippen LogP contribution < -0.4 is 5.32 Å². The van der Waals surface area contributed by atoms with Gasteiger partial charge in [0.1, 0.15) is 0 Å². The molecule has 2 heterocycles. The lowest BCUT2D eigenvalue weighted by Crippen LogP contribution is -2.23. The van der Waals surface area contributed by atoms with Crippen LogP contribution in [0.5, 0.6) is 0 Å². The minimum atomic E-state index is 0.286. The highest BCUT2D eigenvalue weighted by Gasteiger charge is 2.18. The zero-order chi connectivity index (χ0) is 12.8. The van der Waals surface area contributed by atoms with Crippen LogP contribution in [0.2, 0.25) is 0 Å². The molecular weight excluding hydrogens is 246 g/mol. The van der Waals surface area contributed by atoms with E-state index in [2.05, 4.69) is 28.8 Å². The summed E-state index contributed by atoms with van der Waals surface area (Å²) in [5.41, 5.74) is 2.34. The smallest absolute Gasteiger partial charge is 0.0935 e. The van der Waals surface area contributed by atoms with Crippen molar-refractivity contribution in [2.24, 2.45) is 0 Å². The van der Waals surface area contributed by atoms with Crippen LogP contribution in [-0.4, -0.2) is 16.1 Å². The minimum absolute atomic E-state index is 0.286. The Morgan fingerprint density at radius 2 is 2.33 bits per heavy atom. The van der Waals surface area contributed by atoms with Gasteiger partial charge in [0.25, 0.3) is 0 Å². The summed E-state index contributed by atoms with van der Waals surface area (Å²) >= 11 is 1.51. The molecule has 2 aromatic heterocycles. The first-order valence-electron chi connectivity index (χ1n) is 6.40. The van der Waals surface area contributed by atoms with E-state index in [4.69, 9.17) is 4.42 Å². The molecule has 2 aromatic rings. The molecule has 0 radical (unpaired) electrons. The molecular formula is C13H19N3OS. The van der Waals surface area contributed by atoms with E-state index in [0.29, 0.717) is 0 Å². The maximum Gasteiger partial charge on any atom is 0.0935 e. The van der Waals surface area contributed by atoms with Gasteiger partial charge in [-0.1, -0.05) is 24.8 Å². The van der Waals surface area contributed by atoms with Crippen molar-refractivity contribution in [2.45, 2.75) is 39.2 Å². The number of hydrogen-bond acceptors (Lipinski definition) is 5. The Balaban J connectivity index is 2.15. The summed E-state index contributed by atoms with van der Waals surface area (Å²) in [7, 11) is 0. The lowest BCUT2D eigenvalue weighted by Gasteiger charge is -2.16. The first-order chi connectivity index (χ1) is 8.85. The molecule has 0 spiro atoms. The van der Waals surface area contributed by atoms with E-state index < -0.39 is 0 Å². The number of aromatic nitrogens is 2. The third kappa shape index (κ3) is 3.17. The topological polar surface area (TPSA) is 51.0 Å². The average molecular weight is 265 g/mol. The molecule has 0 aliphatic rings. The zero-order valence-corrected chi connectivity index (χ0v) is 11.7. The molecule has 2 rings (SSSR count). The Morgan fingerprint density at radius 3 is 3.00 bits per heavy atom. The summed E-state index contributed by atoms with van der Waals surface area (Å²) in [5, 5.41) is 7.75. The van der Waals surface area contributed by atoms with Crippen LogP contribution in [0.4, 0.5) is 0 Å². The standard InChI is InChI=1S/C13H19N3OS/c1-3-5-11-13(18-16-15-11)12(14-4-2)8-10-6-7-17-9-10/h6-7,9,12,14H,3-5,8H2,1-2H3. The fourth-order valence-corrected chi connectivity index (χ4v) is 2.81. The van der Waals surface area contributed by atoms with Crippen LogP contribution >= 0.6 is 11.5 Å². The summed E-state index contributed by atoms with van der Waals surface area (Å²) in [4.78, 5) is 1.26. The molecule has 0 bridgehead atoms. The van der Waals surface area contributed by atoms with Gasteiger partial charge >= 0.3 is 0 Å². The molecule has 1 atom stereocenters. The number of rotatable bonds is 7. The van der Waals surface area contributed by atoms with Crippen LogP contribution in [0.3, 0.4) is 0 Å². The van der Waals surface area contributed by atoms with Crippen molar-refractivity contribution in [3.8, 4) is 0 Å². The van der Waals surface area contributed by atoms with E-state index in [-0.39, 0.29) is 6.04 Å². The second-order valence-electron chi connectivity index (χ2n) is 4.28. The first kappa shape index (κ1) is 13.2. The van der Waals surface area contributed by atoms with E-state index in [1.54, 1.807) is 12.5 Å². The molecule has 0 aromatic carbocycles. The van der Waals surface area contributed by atoms with Crippen molar-refractivity contribution in [1.82, 2.24) is 14.9 Å². The molecule has 0 saturated heterocycles. The second-order valence-corrected chi connectivity index (χ2v) is 5.07. The monoisotopic (exact) mass is 265 g/mol. The second kappa shape index (κ2) is 6.66. The third-order valence-corrected chi connectivity index (χ3v) is 3.74. The van der Waals surface area contributed by atoms with E-state index in [1.807, 2.05) is 6.07 Å². The van der Waals surface area contributed by atoms with Gasteiger partial charge in [0, 0.05) is 6.04 Å². The lowest BCUT2D eigenvalue weighted by molar-refractivity contribution is 0.536. The summed E-state index contributed by atoms with van der Waals surface area (Å²) in [5.74, 6) is 0. The SMILES string of the molecule is CCCc1nnsc1C(Cc1ccoc1)NCC. The van der Waals surface area contributed by atoms with Gasteiger partial charge in [-0.25, -0.2) is 0 Å². The molecule has 0 fully saturated rings. The highest BCUT2D eigenvalue weighted by molar-refractivity contribution is 7.05. The van der Waals surface area contributed by atoms with Crippen LogP contribution in [-0.2, 0) is 12.8 Å². The van der Waals surface area contributed by atoms with Gasteiger partial charge in [-0.05, 0) is 42.5 Å². The minimum Gasteiger partial charge on any atom is -0.472 e. The summed E-state index contributed by atoms with van der Waals surface area (Å²) in [6, 6.07) is 2.30. The quantitative estimate of drug-likeness (QED) is 0.836. The maximum atomic E-state index is 5.13. The maximum absolute atomic E-state index is 5.13. The molecule has 0 aliphatic carbocycles. The normalized spacial score (nSPS) is 12.8. The van der Waals surface area contributed by atoms with Crippen LogP contribution in [0.25, 0.3) is 0 Å². The fourth-order valence-electron chi connectivity index (χ4n) is 2.04. The van der Waals surface area contributed by atoms with E-state index >= 15 is 0 Å². The molecule has 98 valence electrons. The molecule has 5 heteroatoms. The van der Waals surface area contributed by atoms with E-state index in [9.17, 15) is 0 Å². The Labute approximate surface area is 112 Å². The van der Waals surface area contributed by atoms with Crippen LogP contribution in [0.15, 0.2) is 23.0 Å². The predicted octanol–water partition coefficient (Wildman–Crippen LogP) is 2.98.